The smallest absolute Gasteiger partial charge is 0.376 e. The maximum atomic E-state index is 13.5. The Morgan fingerprint density at radius 1 is 1.29 bits per heavy atom. The zero-order valence-electron chi connectivity index (χ0n) is 8.94. The Balaban J connectivity index is 2.20. The van der Waals surface area contributed by atoms with Gasteiger partial charge < -0.3 is 11.1 Å². The zero-order chi connectivity index (χ0) is 12.7. The van der Waals surface area contributed by atoms with Crippen LogP contribution in [0, 0.1) is 5.82 Å². The maximum Gasteiger partial charge on any atom is 0.416 e. The highest BCUT2D eigenvalue weighted by atomic mass is 19.4. The number of alkyl halides is 3. The minimum absolute atomic E-state index is 0.0703. The largest absolute Gasteiger partial charge is 0.416 e. The second-order valence-electron chi connectivity index (χ2n) is 4.30. The average molecular weight is 248 g/mol. The molecule has 0 radical (unpaired) electrons. The average Bonchev–Trinajstić information content (AvgIpc) is 3.00. The molecule has 2 rings (SSSR count). The Morgan fingerprint density at radius 3 is 2.35 bits per heavy atom. The highest BCUT2D eigenvalue weighted by molar-refractivity contribution is 5.50. The van der Waals surface area contributed by atoms with Gasteiger partial charge in [-0.1, -0.05) is 0 Å². The van der Waals surface area contributed by atoms with Crippen LogP contribution >= 0.6 is 0 Å². The van der Waals surface area contributed by atoms with Crippen LogP contribution in [0.3, 0.4) is 0 Å². The van der Waals surface area contributed by atoms with E-state index in [1.807, 2.05) is 0 Å². The predicted octanol–water partition coefficient (Wildman–Crippen LogP) is 2.75. The van der Waals surface area contributed by atoms with Gasteiger partial charge in [-0.2, -0.15) is 13.2 Å². The molecule has 0 aliphatic heterocycles. The molecule has 17 heavy (non-hydrogen) atoms. The topological polar surface area (TPSA) is 38.0 Å². The highest BCUT2D eigenvalue weighted by Gasteiger charge is 2.41. The van der Waals surface area contributed by atoms with E-state index in [1.54, 1.807) is 0 Å². The van der Waals surface area contributed by atoms with Crippen molar-refractivity contribution < 1.29 is 17.6 Å². The van der Waals surface area contributed by atoms with Crippen molar-refractivity contribution in [3.8, 4) is 0 Å². The minimum Gasteiger partial charge on any atom is -0.376 e. The van der Waals surface area contributed by atoms with Gasteiger partial charge >= 0.3 is 6.18 Å². The summed E-state index contributed by atoms with van der Waals surface area (Å²) in [5.41, 5.74) is 4.25. The molecule has 0 spiro atoms. The van der Waals surface area contributed by atoms with Gasteiger partial charge in [0.25, 0.3) is 0 Å². The molecule has 0 amide bonds. The van der Waals surface area contributed by atoms with Crippen LogP contribution in [0.15, 0.2) is 18.2 Å². The van der Waals surface area contributed by atoms with Crippen molar-refractivity contribution in [2.24, 2.45) is 5.73 Å². The van der Waals surface area contributed by atoms with Gasteiger partial charge in [0.1, 0.15) is 5.82 Å². The first-order valence-corrected chi connectivity index (χ1v) is 5.21. The molecule has 0 aromatic heterocycles. The molecule has 1 saturated carbocycles. The van der Waals surface area contributed by atoms with Gasteiger partial charge in [0, 0.05) is 12.1 Å². The SMILES string of the molecule is NCC1(Nc2ccc(C(F)(F)F)cc2F)CC1. The van der Waals surface area contributed by atoms with E-state index >= 15 is 0 Å². The molecule has 0 unspecified atom stereocenters. The molecule has 6 heteroatoms. The molecule has 2 nitrogen and oxygen atoms in total. The summed E-state index contributed by atoms with van der Waals surface area (Å²) in [5, 5.41) is 2.86. The lowest BCUT2D eigenvalue weighted by Crippen LogP contribution is -2.31. The molecular weight excluding hydrogens is 236 g/mol. The summed E-state index contributed by atoms with van der Waals surface area (Å²) in [7, 11) is 0. The number of hydrogen-bond acceptors (Lipinski definition) is 2. The van der Waals surface area contributed by atoms with Gasteiger partial charge in [-0.15, -0.1) is 0 Å². The number of nitrogens with one attached hydrogen (secondary N) is 1. The summed E-state index contributed by atoms with van der Waals surface area (Å²) >= 11 is 0. The van der Waals surface area contributed by atoms with E-state index in [1.165, 1.54) is 0 Å². The first-order chi connectivity index (χ1) is 7.86. The van der Waals surface area contributed by atoms with Crippen molar-refractivity contribution in [3.63, 3.8) is 0 Å². The van der Waals surface area contributed by atoms with Crippen molar-refractivity contribution in [2.75, 3.05) is 11.9 Å². The number of anilines is 1. The quantitative estimate of drug-likeness (QED) is 0.807. The van der Waals surface area contributed by atoms with E-state index in [4.69, 9.17) is 5.73 Å². The summed E-state index contributed by atoms with van der Waals surface area (Å²) in [6, 6.07) is 2.46. The molecule has 3 N–H and O–H groups in total. The molecule has 0 atom stereocenters. The molecule has 0 heterocycles. The third-order valence-corrected chi connectivity index (χ3v) is 2.94. The first kappa shape index (κ1) is 12.2. The monoisotopic (exact) mass is 248 g/mol. The lowest BCUT2D eigenvalue weighted by atomic mass is 10.1. The standard InChI is InChI=1S/C11H12F4N2/c12-8-5-7(11(13,14)15)1-2-9(8)17-10(6-16)3-4-10/h1-2,5,17H,3-4,6,16H2. The fraction of sp³-hybridized carbons (Fsp3) is 0.455. The fourth-order valence-corrected chi connectivity index (χ4v) is 1.61. The molecule has 1 aromatic carbocycles. The second-order valence-corrected chi connectivity index (χ2v) is 4.30. The van der Waals surface area contributed by atoms with Gasteiger partial charge in [-0.05, 0) is 31.0 Å². The number of benzene rings is 1. The number of halogens is 4. The summed E-state index contributed by atoms with van der Waals surface area (Å²) in [6.45, 7) is 0.341. The van der Waals surface area contributed by atoms with Crippen LogP contribution in [-0.4, -0.2) is 12.1 Å². The Bertz CT molecular complexity index is 424. The van der Waals surface area contributed by atoms with Crippen LogP contribution in [0.1, 0.15) is 18.4 Å². The van der Waals surface area contributed by atoms with E-state index in [9.17, 15) is 17.6 Å². The van der Waals surface area contributed by atoms with Crippen molar-refractivity contribution >= 4 is 5.69 Å². The van der Waals surface area contributed by atoms with Gasteiger partial charge in [-0.3, -0.25) is 0 Å². The first-order valence-electron chi connectivity index (χ1n) is 5.21. The van der Waals surface area contributed by atoms with Crippen LogP contribution in [0.4, 0.5) is 23.2 Å². The van der Waals surface area contributed by atoms with E-state index in [-0.39, 0.29) is 11.2 Å². The fourth-order valence-electron chi connectivity index (χ4n) is 1.61. The third kappa shape index (κ3) is 2.52. The summed E-state index contributed by atoms with van der Waals surface area (Å²) < 4.78 is 50.4. The molecule has 1 aliphatic carbocycles. The summed E-state index contributed by atoms with van der Waals surface area (Å²) in [5.74, 6) is -0.903. The van der Waals surface area contributed by atoms with E-state index in [2.05, 4.69) is 5.32 Å². The Labute approximate surface area is 95.8 Å². The van der Waals surface area contributed by atoms with Crippen LogP contribution in [0.2, 0.25) is 0 Å². The third-order valence-electron chi connectivity index (χ3n) is 2.94. The molecule has 94 valence electrons. The van der Waals surface area contributed by atoms with Gasteiger partial charge in [0.15, 0.2) is 0 Å². The summed E-state index contributed by atoms with van der Waals surface area (Å²) in [6.07, 6.45) is -2.90. The summed E-state index contributed by atoms with van der Waals surface area (Å²) in [4.78, 5) is 0. The lowest BCUT2D eigenvalue weighted by Gasteiger charge is -2.17. The maximum absolute atomic E-state index is 13.5. The van der Waals surface area contributed by atoms with Crippen molar-refractivity contribution in [1.29, 1.82) is 0 Å². The molecular formula is C11H12F4N2. The number of nitrogens with two attached hydrogens (primary N) is 1. The van der Waals surface area contributed by atoms with Crippen molar-refractivity contribution in [2.45, 2.75) is 24.6 Å². The Hall–Kier alpha value is -1.30. The molecule has 1 aromatic rings. The lowest BCUT2D eigenvalue weighted by molar-refractivity contribution is -0.137. The van der Waals surface area contributed by atoms with Crippen LogP contribution in [-0.2, 0) is 6.18 Å². The minimum atomic E-state index is -4.52. The van der Waals surface area contributed by atoms with Gasteiger partial charge in [0.2, 0.25) is 0 Å². The van der Waals surface area contributed by atoms with Gasteiger partial charge in [-0.25, -0.2) is 4.39 Å². The highest BCUT2D eigenvalue weighted by Crippen LogP contribution is 2.39. The Kier molecular flexibility index (Phi) is 2.77. The molecule has 0 saturated heterocycles. The molecule has 1 aliphatic rings. The predicted molar refractivity (Wildman–Crippen MR) is 56.0 cm³/mol. The van der Waals surface area contributed by atoms with Crippen LogP contribution in [0.25, 0.3) is 0 Å². The zero-order valence-corrected chi connectivity index (χ0v) is 8.94. The second kappa shape index (κ2) is 3.87. The van der Waals surface area contributed by atoms with Crippen LogP contribution in [0.5, 0.6) is 0 Å². The van der Waals surface area contributed by atoms with Crippen molar-refractivity contribution in [3.05, 3.63) is 29.6 Å². The van der Waals surface area contributed by atoms with Crippen LogP contribution < -0.4 is 11.1 Å². The molecule has 0 bridgehead atoms. The molecule has 1 fully saturated rings. The number of hydrogen-bond donors (Lipinski definition) is 2. The van der Waals surface area contributed by atoms with Crippen molar-refractivity contribution in [1.82, 2.24) is 0 Å². The van der Waals surface area contributed by atoms with E-state index in [0.717, 1.165) is 25.0 Å². The van der Waals surface area contributed by atoms with E-state index in [0.29, 0.717) is 12.6 Å². The normalized spacial score (nSPS) is 17.9. The number of rotatable bonds is 3. The van der Waals surface area contributed by atoms with E-state index < -0.39 is 17.6 Å². The van der Waals surface area contributed by atoms with Gasteiger partial charge in [0.05, 0.1) is 11.3 Å². The Morgan fingerprint density at radius 2 is 1.94 bits per heavy atom.